The van der Waals surface area contributed by atoms with E-state index in [0.29, 0.717) is 6.04 Å². The van der Waals surface area contributed by atoms with Gasteiger partial charge in [-0.25, -0.2) is 4.98 Å². The van der Waals surface area contributed by atoms with Crippen LogP contribution in [0.25, 0.3) is 0 Å². The van der Waals surface area contributed by atoms with Crippen LogP contribution in [0.1, 0.15) is 36.4 Å². The molecular weight excluding hydrogens is 236 g/mol. The summed E-state index contributed by atoms with van der Waals surface area (Å²) in [6.45, 7) is 5.96. The van der Waals surface area contributed by atoms with E-state index in [9.17, 15) is 4.79 Å². The van der Waals surface area contributed by atoms with Crippen molar-refractivity contribution >= 4 is 17.3 Å². The molecule has 1 aliphatic heterocycles. The summed E-state index contributed by atoms with van der Waals surface area (Å²) in [5.41, 5.74) is 2.98. The zero-order valence-corrected chi connectivity index (χ0v) is 11.0. The van der Waals surface area contributed by atoms with Gasteiger partial charge in [0.1, 0.15) is 0 Å². The number of aliphatic carboxylic acids is 1. The van der Waals surface area contributed by atoms with Crippen molar-refractivity contribution in [3.8, 4) is 0 Å². The molecule has 0 saturated carbocycles. The lowest BCUT2D eigenvalue weighted by Crippen LogP contribution is -2.37. The summed E-state index contributed by atoms with van der Waals surface area (Å²) < 4.78 is 0. The number of thiazole rings is 1. The van der Waals surface area contributed by atoms with Crippen molar-refractivity contribution in [1.29, 1.82) is 0 Å². The zero-order valence-electron chi connectivity index (χ0n) is 10.2. The highest BCUT2D eigenvalue weighted by Gasteiger charge is 2.28. The number of piperidine rings is 1. The summed E-state index contributed by atoms with van der Waals surface area (Å²) in [6.07, 6.45) is 1.52. The molecule has 1 saturated heterocycles. The minimum absolute atomic E-state index is 0.152. The first-order valence-corrected chi connectivity index (χ1v) is 6.84. The smallest absolute Gasteiger partial charge is 0.306 e. The minimum atomic E-state index is -0.647. The van der Waals surface area contributed by atoms with Gasteiger partial charge in [-0.15, -0.1) is 11.3 Å². The number of aromatic nitrogens is 1. The predicted molar refractivity (Wildman–Crippen MR) is 67.2 cm³/mol. The quantitative estimate of drug-likeness (QED) is 0.899. The molecule has 2 rings (SSSR count). The van der Waals surface area contributed by atoms with Crippen molar-refractivity contribution in [2.24, 2.45) is 5.92 Å². The average Bonchev–Trinajstić information content (AvgIpc) is 2.74. The molecule has 1 unspecified atom stereocenters. The fraction of sp³-hybridized carbons (Fsp3) is 0.667. The van der Waals surface area contributed by atoms with E-state index in [1.807, 2.05) is 12.4 Å². The van der Waals surface area contributed by atoms with Crippen LogP contribution in [0, 0.1) is 12.8 Å². The summed E-state index contributed by atoms with van der Waals surface area (Å²) >= 11 is 1.69. The van der Waals surface area contributed by atoms with Gasteiger partial charge in [-0.05, 0) is 39.8 Å². The highest BCUT2D eigenvalue weighted by Crippen LogP contribution is 2.30. The molecule has 0 amide bonds. The van der Waals surface area contributed by atoms with E-state index in [2.05, 4.69) is 16.8 Å². The van der Waals surface area contributed by atoms with E-state index in [1.54, 1.807) is 11.3 Å². The molecule has 0 spiro atoms. The van der Waals surface area contributed by atoms with Crippen LogP contribution < -0.4 is 0 Å². The Kier molecular flexibility index (Phi) is 3.79. The first-order chi connectivity index (χ1) is 8.09. The maximum absolute atomic E-state index is 10.9. The van der Waals surface area contributed by atoms with Crippen molar-refractivity contribution < 1.29 is 9.90 Å². The van der Waals surface area contributed by atoms with Gasteiger partial charge in [-0.2, -0.15) is 0 Å². The molecule has 1 aromatic rings. The van der Waals surface area contributed by atoms with Crippen LogP contribution in [0.3, 0.4) is 0 Å². The number of hydrogen-bond acceptors (Lipinski definition) is 4. The van der Waals surface area contributed by atoms with Gasteiger partial charge >= 0.3 is 5.97 Å². The Morgan fingerprint density at radius 2 is 2.24 bits per heavy atom. The third-order valence-electron chi connectivity index (χ3n) is 3.59. The highest BCUT2D eigenvalue weighted by molar-refractivity contribution is 7.09. The van der Waals surface area contributed by atoms with E-state index in [4.69, 9.17) is 5.11 Å². The Morgan fingerprint density at radius 3 is 2.71 bits per heavy atom. The van der Waals surface area contributed by atoms with Gasteiger partial charge in [0.05, 0.1) is 17.1 Å². The largest absolute Gasteiger partial charge is 0.481 e. The minimum Gasteiger partial charge on any atom is -0.481 e. The van der Waals surface area contributed by atoms with Crippen LogP contribution in [-0.4, -0.2) is 34.0 Å². The van der Waals surface area contributed by atoms with Crippen molar-refractivity contribution in [3.63, 3.8) is 0 Å². The van der Waals surface area contributed by atoms with Crippen LogP contribution in [-0.2, 0) is 4.79 Å². The second-order valence-electron chi connectivity index (χ2n) is 4.63. The third-order valence-corrected chi connectivity index (χ3v) is 4.69. The number of aryl methyl sites for hydroxylation is 1. The van der Waals surface area contributed by atoms with Crippen molar-refractivity contribution in [2.45, 2.75) is 32.7 Å². The standard InChI is InChI=1S/C12H18N2O2S/c1-8-11(17-7-13-8)9(2)14-5-3-10(4-6-14)12(15)16/h7,9-10H,3-6H2,1-2H3,(H,15,16). The maximum atomic E-state index is 10.9. The molecule has 94 valence electrons. The highest BCUT2D eigenvalue weighted by atomic mass is 32.1. The van der Waals surface area contributed by atoms with Gasteiger partial charge < -0.3 is 5.11 Å². The molecule has 0 radical (unpaired) electrons. The maximum Gasteiger partial charge on any atom is 0.306 e. The Balaban J connectivity index is 1.97. The second kappa shape index (κ2) is 5.14. The predicted octanol–water partition coefficient (Wildman–Crippen LogP) is 2.31. The number of carbonyl (C=O) groups is 1. The van der Waals surface area contributed by atoms with Gasteiger partial charge in [0.15, 0.2) is 0 Å². The lowest BCUT2D eigenvalue weighted by Gasteiger charge is -2.34. The molecule has 1 fully saturated rings. The van der Waals surface area contributed by atoms with E-state index in [1.165, 1.54) is 4.88 Å². The van der Waals surface area contributed by atoms with Crippen LogP contribution in [0.5, 0.6) is 0 Å². The molecule has 1 aliphatic rings. The molecule has 5 heteroatoms. The molecule has 1 atom stereocenters. The number of carboxylic acid groups (broad SMARTS) is 1. The molecular formula is C12H18N2O2S. The Bertz CT molecular complexity index is 397. The van der Waals surface area contributed by atoms with Crippen LogP contribution >= 0.6 is 11.3 Å². The SMILES string of the molecule is Cc1ncsc1C(C)N1CCC(C(=O)O)CC1. The number of nitrogens with zero attached hydrogens (tertiary/aromatic N) is 2. The fourth-order valence-corrected chi connectivity index (χ4v) is 3.31. The number of rotatable bonds is 3. The van der Waals surface area contributed by atoms with E-state index < -0.39 is 5.97 Å². The van der Waals surface area contributed by atoms with Crippen molar-refractivity contribution in [2.75, 3.05) is 13.1 Å². The monoisotopic (exact) mass is 254 g/mol. The van der Waals surface area contributed by atoms with Crippen LogP contribution in [0.4, 0.5) is 0 Å². The first kappa shape index (κ1) is 12.5. The van der Waals surface area contributed by atoms with E-state index in [0.717, 1.165) is 31.6 Å². The fourth-order valence-electron chi connectivity index (χ4n) is 2.41. The summed E-state index contributed by atoms with van der Waals surface area (Å²) in [4.78, 5) is 18.8. The lowest BCUT2D eigenvalue weighted by molar-refractivity contribution is -0.143. The van der Waals surface area contributed by atoms with E-state index in [-0.39, 0.29) is 5.92 Å². The summed E-state index contributed by atoms with van der Waals surface area (Å²) in [5, 5.41) is 8.96. The van der Waals surface area contributed by atoms with Gasteiger partial charge in [-0.3, -0.25) is 9.69 Å². The Hall–Kier alpha value is -0.940. The topological polar surface area (TPSA) is 53.4 Å². The molecule has 1 aromatic heterocycles. The number of carboxylic acids is 1. The Labute approximate surface area is 105 Å². The molecule has 2 heterocycles. The molecule has 1 N–H and O–H groups in total. The summed E-state index contributed by atoms with van der Waals surface area (Å²) in [5.74, 6) is -0.799. The molecule has 0 aromatic carbocycles. The van der Waals surface area contributed by atoms with Gasteiger partial charge in [0.25, 0.3) is 0 Å². The molecule has 0 aliphatic carbocycles. The van der Waals surface area contributed by atoms with Crippen LogP contribution in [0.2, 0.25) is 0 Å². The lowest BCUT2D eigenvalue weighted by atomic mass is 9.96. The van der Waals surface area contributed by atoms with Crippen LogP contribution in [0.15, 0.2) is 5.51 Å². The molecule has 4 nitrogen and oxygen atoms in total. The van der Waals surface area contributed by atoms with Crippen molar-refractivity contribution in [3.05, 3.63) is 16.1 Å². The summed E-state index contributed by atoms with van der Waals surface area (Å²) in [7, 11) is 0. The van der Waals surface area contributed by atoms with E-state index >= 15 is 0 Å². The number of likely N-dealkylation sites (tertiary alicyclic amines) is 1. The van der Waals surface area contributed by atoms with Gasteiger partial charge in [0.2, 0.25) is 0 Å². The molecule has 17 heavy (non-hydrogen) atoms. The summed E-state index contributed by atoms with van der Waals surface area (Å²) in [6, 6.07) is 0.359. The normalized spacial score (nSPS) is 20.4. The number of hydrogen-bond donors (Lipinski definition) is 1. The third kappa shape index (κ3) is 2.66. The first-order valence-electron chi connectivity index (χ1n) is 5.96. The van der Waals surface area contributed by atoms with Gasteiger partial charge in [0, 0.05) is 10.9 Å². The molecule has 0 bridgehead atoms. The van der Waals surface area contributed by atoms with Crippen molar-refractivity contribution in [1.82, 2.24) is 9.88 Å². The van der Waals surface area contributed by atoms with Gasteiger partial charge in [-0.1, -0.05) is 0 Å². The average molecular weight is 254 g/mol. The Morgan fingerprint density at radius 1 is 1.59 bits per heavy atom. The zero-order chi connectivity index (χ0) is 12.4. The second-order valence-corrected chi connectivity index (χ2v) is 5.51.